The predicted molar refractivity (Wildman–Crippen MR) is 67.0 cm³/mol. The molecule has 2 heterocycles. The molecule has 0 saturated heterocycles. The molecule has 16 heavy (non-hydrogen) atoms. The number of thiophene rings is 1. The van der Waals surface area contributed by atoms with E-state index in [1.54, 1.807) is 29.8 Å². The lowest BCUT2D eigenvalue weighted by Gasteiger charge is -2.01. The Kier molecular flexibility index (Phi) is 2.17. The van der Waals surface area contributed by atoms with Gasteiger partial charge < -0.3 is 10.0 Å². The van der Waals surface area contributed by atoms with Gasteiger partial charge in [0.25, 0.3) is 0 Å². The average molecular weight is 229 g/mol. The van der Waals surface area contributed by atoms with E-state index in [2.05, 4.69) is 4.98 Å². The Morgan fingerprint density at radius 1 is 1.12 bits per heavy atom. The third kappa shape index (κ3) is 1.33. The van der Waals surface area contributed by atoms with Gasteiger partial charge in [-0.25, -0.2) is 0 Å². The molecule has 0 unspecified atom stereocenters. The highest BCUT2D eigenvalue weighted by Crippen LogP contribution is 2.31. The molecule has 3 nitrogen and oxygen atoms in total. The lowest BCUT2D eigenvalue weighted by atomic mass is 9.78. The Morgan fingerprint density at radius 2 is 2.00 bits per heavy atom. The molecule has 3 aromatic rings. The van der Waals surface area contributed by atoms with Gasteiger partial charge in [0.15, 0.2) is 0 Å². The van der Waals surface area contributed by atoms with E-state index in [4.69, 9.17) is 0 Å². The zero-order valence-corrected chi connectivity index (χ0v) is 9.11. The normalized spacial score (nSPS) is 11.1. The van der Waals surface area contributed by atoms with Crippen molar-refractivity contribution >= 4 is 44.1 Å². The lowest BCUT2D eigenvalue weighted by Crippen LogP contribution is -2.30. The zero-order chi connectivity index (χ0) is 11.1. The Hall–Kier alpha value is -1.43. The maximum absolute atomic E-state index is 9.34. The molecule has 0 radical (unpaired) electrons. The van der Waals surface area contributed by atoms with Crippen LogP contribution in [0.25, 0.3) is 20.2 Å². The number of nitrogens with zero attached hydrogens (tertiary/aromatic N) is 1. The summed E-state index contributed by atoms with van der Waals surface area (Å²) in [5.74, 6) is 0. The van der Waals surface area contributed by atoms with E-state index in [-0.39, 0.29) is 0 Å². The van der Waals surface area contributed by atoms with Gasteiger partial charge in [-0.3, -0.25) is 4.98 Å². The molecule has 78 valence electrons. The minimum Gasteiger partial charge on any atom is -0.423 e. The van der Waals surface area contributed by atoms with Crippen molar-refractivity contribution in [2.75, 3.05) is 0 Å². The van der Waals surface area contributed by atoms with Crippen LogP contribution in [-0.2, 0) is 0 Å². The number of aromatic nitrogens is 1. The van der Waals surface area contributed by atoms with Gasteiger partial charge >= 0.3 is 7.12 Å². The highest BCUT2D eigenvalue weighted by Gasteiger charge is 2.17. The number of rotatable bonds is 1. The second-order valence-corrected chi connectivity index (χ2v) is 4.65. The van der Waals surface area contributed by atoms with Crippen molar-refractivity contribution in [2.45, 2.75) is 0 Å². The fraction of sp³-hybridized carbons (Fsp3) is 0. The molecular formula is C11H8BNO2S. The molecule has 0 spiro atoms. The summed E-state index contributed by atoms with van der Waals surface area (Å²) in [5.41, 5.74) is 0.551. The molecule has 0 amide bonds. The van der Waals surface area contributed by atoms with Crippen LogP contribution in [0, 0.1) is 0 Å². The third-order valence-corrected chi connectivity index (χ3v) is 3.72. The van der Waals surface area contributed by atoms with Crippen molar-refractivity contribution in [3.05, 3.63) is 36.7 Å². The highest BCUT2D eigenvalue weighted by molar-refractivity contribution is 7.26. The Labute approximate surface area is 96.1 Å². The van der Waals surface area contributed by atoms with Gasteiger partial charge in [-0.1, -0.05) is 12.1 Å². The van der Waals surface area contributed by atoms with E-state index in [9.17, 15) is 10.0 Å². The number of pyridine rings is 1. The fourth-order valence-electron chi connectivity index (χ4n) is 1.92. The molecule has 3 rings (SSSR count). The van der Waals surface area contributed by atoms with Crippen molar-refractivity contribution < 1.29 is 10.0 Å². The largest absolute Gasteiger partial charge is 0.489 e. The molecule has 0 aliphatic carbocycles. The van der Waals surface area contributed by atoms with E-state index in [0.29, 0.717) is 5.46 Å². The van der Waals surface area contributed by atoms with Crippen molar-refractivity contribution in [2.24, 2.45) is 0 Å². The molecule has 0 aliphatic rings. The summed E-state index contributed by atoms with van der Waals surface area (Å²) in [6, 6.07) is 7.45. The summed E-state index contributed by atoms with van der Waals surface area (Å²) in [4.78, 5) is 4.07. The van der Waals surface area contributed by atoms with E-state index in [0.717, 1.165) is 20.2 Å². The van der Waals surface area contributed by atoms with Crippen molar-refractivity contribution in [3.8, 4) is 0 Å². The number of fused-ring (bicyclic) bond motifs is 3. The first-order valence-electron chi connectivity index (χ1n) is 4.88. The maximum atomic E-state index is 9.34. The van der Waals surface area contributed by atoms with Gasteiger partial charge in [0.2, 0.25) is 0 Å². The van der Waals surface area contributed by atoms with Crippen LogP contribution in [0.3, 0.4) is 0 Å². The van der Waals surface area contributed by atoms with Gasteiger partial charge in [-0.15, -0.1) is 11.3 Å². The first kappa shape index (κ1) is 9.78. The second-order valence-electron chi connectivity index (χ2n) is 3.57. The second kappa shape index (κ2) is 3.55. The minimum absolute atomic E-state index is 0.551. The van der Waals surface area contributed by atoms with Crippen LogP contribution in [-0.4, -0.2) is 22.2 Å². The van der Waals surface area contributed by atoms with E-state index >= 15 is 0 Å². The topological polar surface area (TPSA) is 53.4 Å². The molecule has 2 aromatic heterocycles. The molecule has 0 aliphatic heterocycles. The number of benzene rings is 1. The zero-order valence-electron chi connectivity index (χ0n) is 8.29. The van der Waals surface area contributed by atoms with Crippen LogP contribution in [0.15, 0.2) is 36.7 Å². The molecule has 1 aromatic carbocycles. The van der Waals surface area contributed by atoms with Crippen molar-refractivity contribution in [1.29, 1.82) is 0 Å². The first-order valence-corrected chi connectivity index (χ1v) is 5.70. The summed E-state index contributed by atoms with van der Waals surface area (Å²) in [6.07, 6.45) is 3.52. The molecule has 0 atom stereocenters. The SMILES string of the molecule is OB(O)c1cccc2sc3cnccc3c12. The standard InChI is InChI=1S/C11H8BNO2S/c14-12(15)8-2-1-3-9-11(8)7-4-5-13-6-10(7)16-9/h1-6,14-15H. The van der Waals surface area contributed by atoms with Crippen LogP contribution < -0.4 is 5.46 Å². The number of hydrogen-bond donors (Lipinski definition) is 2. The van der Waals surface area contributed by atoms with Gasteiger partial charge in [-0.2, -0.15) is 0 Å². The number of hydrogen-bond acceptors (Lipinski definition) is 4. The van der Waals surface area contributed by atoms with Crippen LogP contribution in [0.2, 0.25) is 0 Å². The van der Waals surface area contributed by atoms with Crippen LogP contribution in [0.4, 0.5) is 0 Å². The molecule has 5 heteroatoms. The van der Waals surface area contributed by atoms with Crippen LogP contribution >= 0.6 is 11.3 Å². The summed E-state index contributed by atoms with van der Waals surface area (Å²) >= 11 is 1.61. The van der Waals surface area contributed by atoms with Crippen molar-refractivity contribution in [3.63, 3.8) is 0 Å². The Bertz CT molecular complexity index is 665. The summed E-state index contributed by atoms with van der Waals surface area (Å²) in [6.45, 7) is 0. The molecule has 2 N–H and O–H groups in total. The molecule has 0 bridgehead atoms. The summed E-state index contributed by atoms with van der Waals surface area (Å²) in [5, 5.41) is 20.6. The highest BCUT2D eigenvalue weighted by atomic mass is 32.1. The third-order valence-electron chi connectivity index (χ3n) is 2.61. The smallest absolute Gasteiger partial charge is 0.423 e. The summed E-state index contributed by atoms with van der Waals surface area (Å²) < 4.78 is 2.11. The molecule has 0 fully saturated rings. The Morgan fingerprint density at radius 3 is 2.81 bits per heavy atom. The maximum Gasteiger partial charge on any atom is 0.489 e. The van der Waals surface area contributed by atoms with Gasteiger partial charge in [0.05, 0.1) is 4.70 Å². The average Bonchev–Trinajstić information content (AvgIpc) is 2.66. The van der Waals surface area contributed by atoms with E-state index < -0.39 is 7.12 Å². The van der Waals surface area contributed by atoms with Crippen LogP contribution in [0.1, 0.15) is 0 Å². The van der Waals surface area contributed by atoms with Crippen LogP contribution in [0.5, 0.6) is 0 Å². The van der Waals surface area contributed by atoms with Gasteiger partial charge in [0.1, 0.15) is 0 Å². The lowest BCUT2D eigenvalue weighted by molar-refractivity contribution is 0.426. The quantitative estimate of drug-likeness (QED) is 0.615. The molecular weight excluding hydrogens is 221 g/mol. The first-order chi connectivity index (χ1) is 7.77. The predicted octanol–water partition coefficient (Wildman–Crippen LogP) is 1.13. The summed E-state index contributed by atoms with van der Waals surface area (Å²) in [7, 11) is -1.44. The Balaban J connectivity index is 2.53. The van der Waals surface area contributed by atoms with E-state index in [1.807, 2.05) is 18.2 Å². The minimum atomic E-state index is -1.44. The monoisotopic (exact) mass is 229 g/mol. The van der Waals surface area contributed by atoms with Crippen molar-refractivity contribution in [1.82, 2.24) is 4.98 Å². The van der Waals surface area contributed by atoms with Gasteiger partial charge in [0, 0.05) is 27.9 Å². The molecule has 0 saturated carbocycles. The fourth-order valence-corrected chi connectivity index (χ4v) is 3.03. The van der Waals surface area contributed by atoms with E-state index in [1.165, 1.54) is 0 Å². The van der Waals surface area contributed by atoms with Gasteiger partial charge in [-0.05, 0) is 17.6 Å².